The molecule has 0 saturated carbocycles. The Kier molecular flexibility index (Phi) is 15.2. The molecule has 4 N–H and O–H groups in total. The summed E-state index contributed by atoms with van der Waals surface area (Å²) in [5.41, 5.74) is 7.92. The molecule has 2 aromatic carbocycles. The molecule has 0 saturated heterocycles. The second-order valence-corrected chi connectivity index (χ2v) is 19.3. The van der Waals surface area contributed by atoms with Crippen LogP contribution < -0.4 is 10.2 Å². The molecule has 5 rings (SSSR count). The quantitative estimate of drug-likeness (QED) is 0.0188. The zero-order chi connectivity index (χ0) is 42.1. The number of ether oxygens (including phenoxy) is 1. The molecular formula is C41H54N3O11S3+. The maximum atomic E-state index is 12.1. The Hall–Kier alpha value is -3.81. The van der Waals surface area contributed by atoms with Gasteiger partial charge in [-0.1, -0.05) is 49.2 Å². The number of hydrogen-bond donors (Lipinski definition) is 4. The van der Waals surface area contributed by atoms with E-state index >= 15 is 0 Å². The molecule has 17 heteroatoms. The van der Waals surface area contributed by atoms with Crippen molar-refractivity contribution in [3.05, 3.63) is 100 Å². The molecule has 2 aromatic rings. The minimum absolute atomic E-state index is 0.176. The summed E-state index contributed by atoms with van der Waals surface area (Å²) in [7, 11) is -8.60. The largest absolute Gasteiger partial charge is 0.466 e. The first-order chi connectivity index (χ1) is 27.5. The molecule has 2 aliphatic heterocycles. The van der Waals surface area contributed by atoms with Crippen molar-refractivity contribution in [2.24, 2.45) is 0 Å². The van der Waals surface area contributed by atoms with Crippen LogP contribution in [0.1, 0.15) is 83.8 Å². The van der Waals surface area contributed by atoms with Gasteiger partial charge in [0.25, 0.3) is 26.7 Å². The van der Waals surface area contributed by atoms with E-state index in [4.69, 9.17) is 9.99 Å². The maximum absolute atomic E-state index is 12.1. The lowest BCUT2D eigenvalue weighted by molar-refractivity contribution is -0.438. The second-order valence-electron chi connectivity index (χ2n) is 15.5. The summed E-state index contributed by atoms with van der Waals surface area (Å²) in [6, 6.07) is 12.9. The normalized spacial score (nSPS) is 19.1. The van der Waals surface area contributed by atoms with E-state index in [0.29, 0.717) is 37.3 Å². The van der Waals surface area contributed by atoms with Gasteiger partial charge in [0.2, 0.25) is 5.69 Å². The molecule has 0 atom stereocenters. The number of rotatable bonds is 21. The van der Waals surface area contributed by atoms with E-state index in [9.17, 15) is 30.7 Å². The highest BCUT2D eigenvalue weighted by Crippen LogP contribution is 2.49. The van der Waals surface area contributed by atoms with Crippen LogP contribution in [0.5, 0.6) is 0 Å². The lowest BCUT2D eigenvalue weighted by atomic mass is 9.81. The molecule has 0 aromatic heterocycles. The number of allylic oxidation sites excluding steroid dienone is 7. The van der Waals surface area contributed by atoms with E-state index in [1.807, 2.05) is 30.9 Å². The first-order valence-electron chi connectivity index (χ1n) is 19.3. The van der Waals surface area contributed by atoms with Gasteiger partial charge in [-0.2, -0.15) is 21.4 Å². The van der Waals surface area contributed by atoms with Gasteiger partial charge < -0.3 is 15.0 Å². The third-order valence-electron chi connectivity index (χ3n) is 10.9. The first kappa shape index (κ1) is 45.3. The Labute approximate surface area is 345 Å². The summed E-state index contributed by atoms with van der Waals surface area (Å²) in [5, 5.41) is 15.7. The Morgan fingerprint density at radius 3 is 2.43 bits per heavy atom. The summed E-state index contributed by atoms with van der Waals surface area (Å²) in [4.78, 5) is 12.8. The molecule has 316 valence electrons. The SMILES string of the molecule is CC1(C)C(/C=C/C2=C(NCCOC=O)C(=C/C=C3/N(CCCCS(=O)(=O)O)c4ccc(S(=O)(=O)O)cc4C3(C)C)/CCC2)=[N+](CCCCSOOO)c2ccccc21. The Morgan fingerprint density at radius 2 is 1.71 bits per heavy atom. The smallest absolute Gasteiger partial charge is 0.294 e. The summed E-state index contributed by atoms with van der Waals surface area (Å²) >= 11 is 1.05. The summed E-state index contributed by atoms with van der Waals surface area (Å²) in [5.74, 6) is 0.286. The Balaban J connectivity index is 1.54. The third kappa shape index (κ3) is 10.9. The fourth-order valence-corrected chi connectivity index (χ4v) is 9.62. The van der Waals surface area contributed by atoms with Crippen LogP contribution in [0.3, 0.4) is 0 Å². The minimum atomic E-state index is -4.47. The van der Waals surface area contributed by atoms with Gasteiger partial charge in [0.15, 0.2) is 5.71 Å². The van der Waals surface area contributed by atoms with Crippen LogP contribution in [0.15, 0.2) is 94.2 Å². The van der Waals surface area contributed by atoms with Gasteiger partial charge in [-0.25, -0.2) is 5.26 Å². The topological polar surface area (TPSA) is 192 Å². The van der Waals surface area contributed by atoms with Crippen LogP contribution in [0.2, 0.25) is 0 Å². The zero-order valence-corrected chi connectivity index (χ0v) is 35.8. The molecule has 0 bridgehead atoms. The predicted molar refractivity (Wildman–Crippen MR) is 224 cm³/mol. The number of unbranched alkanes of at least 4 members (excludes halogenated alkanes) is 2. The van der Waals surface area contributed by atoms with Gasteiger partial charge in [0, 0.05) is 77.5 Å². The highest BCUT2D eigenvalue weighted by atomic mass is 32.2. The van der Waals surface area contributed by atoms with Crippen molar-refractivity contribution in [2.45, 2.75) is 88.4 Å². The van der Waals surface area contributed by atoms with E-state index < -0.39 is 25.7 Å². The Morgan fingerprint density at radius 1 is 0.931 bits per heavy atom. The molecule has 1 aliphatic carbocycles. The monoisotopic (exact) mass is 860 g/mol. The van der Waals surface area contributed by atoms with E-state index in [0.717, 1.165) is 90.3 Å². The molecule has 14 nitrogen and oxygen atoms in total. The molecule has 0 unspecified atom stereocenters. The average molecular weight is 861 g/mol. The minimum Gasteiger partial charge on any atom is -0.466 e. The van der Waals surface area contributed by atoms with Gasteiger partial charge in [-0.15, -0.1) is 4.33 Å². The summed E-state index contributed by atoms with van der Waals surface area (Å²) in [6.45, 7) is 10.6. The number of para-hydroxylation sites is 1. The van der Waals surface area contributed by atoms with Crippen LogP contribution >= 0.6 is 12.0 Å². The maximum Gasteiger partial charge on any atom is 0.294 e. The number of hydrogen-bond acceptors (Lipinski definition) is 12. The van der Waals surface area contributed by atoms with Gasteiger partial charge >= 0.3 is 0 Å². The Bertz CT molecular complexity index is 2210. The zero-order valence-electron chi connectivity index (χ0n) is 33.3. The van der Waals surface area contributed by atoms with E-state index in [1.54, 1.807) is 6.07 Å². The molecule has 0 amide bonds. The van der Waals surface area contributed by atoms with Gasteiger partial charge in [-0.05, 0) is 93.4 Å². The van der Waals surface area contributed by atoms with Crippen molar-refractivity contribution in [2.75, 3.05) is 42.6 Å². The molecule has 0 spiro atoms. The number of carbonyl (C=O) groups is 1. The number of carbonyl (C=O) groups excluding carboxylic acids is 1. The van der Waals surface area contributed by atoms with E-state index in [1.165, 1.54) is 17.7 Å². The average Bonchev–Trinajstić information content (AvgIpc) is 3.52. The molecule has 0 radical (unpaired) electrons. The molecular weight excluding hydrogens is 807 g/mol. The fourth-order valence-electron chi connectivity index (χ4n) is 8.11. The highest BCUT2D eigenvalue weighted by Gasteiger charge is 2.44. The molecule has 3 aliphatic rings. The van der Waals surface area contributed by atoms with Gasteiger partial charge in [0.1, 0.15) is 13.2 Å². The predicted octanol–water partition coefficient (Wildman–Crippen LogP) is 7.19. The van der Waals surface area contributed by atoms with Gasteiger partial charge in [0.05, 0.1) is 16.1 Å². The number of benzene rings is 2. The van der Waals surface area contributed by atoms with Crippen LogP contribution in [0, 0.1) is 0 Å². The van der Waals surface area contributed by atoms with Crippen molar-refractivity contribution < 1.29 is 54.7 Å². The molecule has 2 heterocycles. The van der Waals surface area contributed by atoms with Crippen LogP contribution in [0.4, 0.5) is 11.4 Å². The van der Waals surface area contributed by atoms with Crippen molar-refractivity contribution in [1.82, 2.24) is 5.32 Å². The third-order valence-corrected chi connectivity index (χ3v) is 13.2. The number of nitrogens with zero attached hydrogens (tertiary/aromatic N) is 2. The highest BCUT2D eigenvalue weighted by molar-refractivity contribution is 7.94. The second kappa shape index (κ2) is 19.5. The van der Waals surface area contributed by atoms with Crippen molar-refractivity contribution in [1.29, 1.82) is 0 Å². The van der Waals surface area contributed by atoms with Crippen molar-refractivity contribution in [3.8, 4) is 0 Å². The van der Waals surface area contributed by atoms with E-state index in [-0.39, 0.29) is 29.1 Å². The lowest BCUT2D eigenvalue weighted by Gasteiger charge is -2.28. The summed E-state index contributed by atoms with van der Waals surface area (Å²) in [6.07, 6.45) is 13.3. The number of anilines is 1. The summed E-state index contributed by atoms with van der Waals surface area (Å²) < 4.78 is 78.3. The fraction of sp³-hybridized carbons (Fsp3) is 0.463. The van der Waals surface area contributed by atoms with Crippen LogP contribution in [-0.2, 0) is 50.0 Å². The van der Waals surface area contributed by atoms with E-state index in [2.05, 4.69) is 69.5 Å². The van der Waals surface area contributed by atoms with Crippen LogP contribution in [-0.4, -0.2) is 85.7 Å². The first-order valence-corrected chi connectivity index (χ1v) is 23.3. The number of nitrogens with one attached hydrogen (secondary N) is 1. The number of fused-ring (bicyclic) bond motifs is 2. The molecule has 58 heavy (non-hydrogen) atoms. The molecule has 0 fully saturated rings. The van der Waals surface area contributed by atoms with Crippen molar-refractivity contribution >= 4 is 55.8 Å². The van der Waals surface area contributed by atoms with Crippen LogP contribution in [0.25, 0.3) is 0 Å². The van der Waals surface area contributed by atoms with Gasteiger partial charge in [-0.3, -0.25) is 13.9 Å². The standard InChI is InChI=1S/C41H53N3O11S3/c1-40(2)33-14-5-6-15-35(33)43(23-7-9-26-56-55-54-46)37(40)20-16-30-12-11-13-31(39(30)42-22-25-53-29-45)17-21-38-41(3,4)34-28-32(58(50,51)52)18-19-36(34)44(38)24-8-10-27-57(47,48)49/h5-6,14-21,28-29H,7-13,22-27H2,1-4H3,(H3,46,47,48,49,50,51,52)/p+1/b31-17+,38-21+. The van der Waals surface area contributed by atoms with Crippen molar-refractivity contribution in [3.63, 3.8) is 0 Å². The lowest BCUT2D eigenvalue weighted by Crippen LogP contribution is -2.28.